The standard InChI is InChI=1S/C14H16F2N2O4S/c1-23(21,22)17-13(19)9-4-6-18(7-5-9)14(20)11-3-2-10(15)8-12(11)16/h2-3,8-9H,4-7H2,1H3,(H,17,19). The summed E-state index contributed by atoms with van der Waals surface area (Å²) in [6, 6.07) is 2.72. The van der Waals surface area contributed by atoms with Gasteiger partial charge in [-0.15, -0.1) is 0 Å². The lowest BCUT2D eigenvalue weighted by molar-refractivity contribution is -0.124. The number of nitrogens with one attached hydrogen (secondary N) is 1. The summed E-state index contributed by atoms with van der Waals surface area (Å²) in [6.45, 7) is 0.384. The first-order valence-corrected chi connectivity index (χ1v) is 8.82. The molecule has 0 saturated carbocycles. The molecule has 0 radical (unpaired) electrons. The number of nitrogens with zero attached hydrogens (tertiary/aromatic N) is 1. The van der Waals surface area contributed by atoms with Crippen LogP contribution in [0.15, 0.2) is 18.2 Å². The van der Waals surface area contributed by atoms with Gasteiger partial charge in [0.1, 0.15) is 11.6 Å². The predicted molar refractivity (Wildman–Crippen MR) is 78.0 cm³/mol. The van der Waals surface area contributed by atoms with Crippen molar-refractivity contribution in [2.75, 3.05) is 19.3 Å². The van der Waals surface area contributed by atoms with Gasteiger partial charge in [0.2, 0.25) is 15.9 Å². The zero-order valence-corrected chi connectivity index (χ0v) is 13.2. The van der Waals surface area contributed by atoms with Crippen LogP contribution in [0, 0.1) is 17.6 Å². The number of benzene rings is 1. The fraction of sp³-hybridized carbons (Fsp3) is 0.429. The summed E-state index contributed by atoms with van der Waals surface area (Å²) in [4.78, 5) is 25.3. The highest BCUT2D eigenvalue weighted by molar-refractivity contribution is 7.89. The first-order chi connectivity index (χ1) is 10.7. The van der Waals surface area contributed by atoms with E-state index in [1.54, 1.807) is 0 Å². The molecule has 0 aromatic heterocycles. The lowest BCUT2D eigenvalue weighted by atomic mass is 9.96. The second-order valence-corrected chi connectivity index (χ2v) is 7.18. The second-order valence-electron chi connectivity index (χ2n) is 5.43. The number of amides is 2. The summed E-state index contributed by atoms with van der Waals surface area (Å²) in [7, 11) is -3.62. The quantitative estimate of drug-likeness (QED) is 0.881. The summed E-state index contributed by atoms with van der Waals surface area (Å²) in [5.74, 6) is -3.41. The summed E-state index contributed by atoms with van der Waals surface area (Å²) in [6.07, 6.45) is 1.44. The van der Waals surface area contributed by atoms with Crippen molar-refractivity contribution in [1.82, 2.24) is 9.62 Å². The molecule has 1 aromatic rings. The number of likely N-dealkylation sites (tertiary alicyclic amines) is 1. The van der Waals surface area contributed by atoms with Gasteiger partial charge < -0.3 is 4.90 Å². The van der Waals surface area contributed by atoms with Crippen LogP contribution >= 0.6 is 0 Å². The SMILES string of the molecule is CS(=O)(=O)NC(=O)C1CCN(C(=O)c2ccc(F)cc2F)CC1. The monoisotopic (exact) mass is 346 g/mol. The van der Waals surface area contributed by atoms with Gasteiger partial charge in [-0.1, -0.05) is 0 Å². The molecule has 0 unspecified atom stereocenters. The summed E-state index contributed by atoms with van der Waals surface area (Å²) in [5, 5.41) is 0. The Kier molecular flexibility index (Phi) is 4.98. The van der Waals surface area contributed by atoms with Gasteiger partial charge in [0.25, 0.3) is 5.91 Å². The molecule has 126 valence electrons. The normalized spacial score (nSPS) is 16.2. The molecule has 0 aliphatic carbocycles. The van der Waals surface area contributed by atoms with Crippen LogP contribution in [0.5, 0.6) is 0 Å². The Labute approximate surface area is 132 Å². The van der Waals surface area contributed by atoms with E-state index in [1.807, 2.05) is 4.72 Å². The van der Waals surface area contributed by atoms with E-state index >= 15 is 0 Å². The lowest BCUT2D eigenvalue weighted by Gasteiger charge is -2.31. The molecule has 1 aliphatic heterocycles. The zero-order chi connectivity index (χ0) is 17.2. The third kappa shape index (κ3) is 4.47. The topological polar surface area (TPSA) is 83.6 Å². The van der Waals surface area contributed by atoms with Crippen molar-refractivity contribution in [3.05, 3.63) is 35.4 Å². The minimum atomic E-state index is -3.62. The fourth-order valence-corrected chi connectivity index (χ4v) is 2.98. The maximum atomic E-state index is 13.6. The van der Waals surface area contributed by atoms with Crippen LogP contribution in [0.2, 0.25) is 0 Å². The first-order valence-electron chi connectivity index (χ1n) is 6.93. The largest absolute Gasteiger partial charge is 0.339 e. The minimum Gasteiger partial charge on any atom is -0.339 e. The Bertz CT molecular complexity index is 728. The number of hydrogen-bond acceptors (Lipinski definition) is 4. The molecule has 0 bridgehead atoms. The molecule has 1 aromatic carbocycles. The van der Waals surface area contributed by atoms with E-state index in [4.69, 9.17) is 0 Å². The highest BCUT2D eigenvalue weighted by atomic mass is 32.2. The highest BCUT2D eigenvalue weighted by Crippen LogP contribution is 2.20. The van der Waals surface area contributed by atoms with E-state index in [1.165, 1.54) is 4.90 Å². The number of piperidine rings is 1. The molecule has 1 saturated heterocycles. The molecule has 1 aliphatic rings. The summed E-state index contributed by atoms with van der Waals surface area (Å²) in [5.41, 5.74) is -0.231. The van der Waals surface area contributed by atoms with Crippen molar-refractivity contribution in [3.8, 4) is 0 Å². The van der Waals surface area contributed by atoms with E-state index in [0.29, 0.717) is 6.07 Å². The van der Waals surface area contributed by atoms with Crippen LogP contribution < -0.4 is 4.72 Å². The number of carbonyl (C=O) groups is 2. The first kappa shape index (κ1) is 17.3. The molecule has 1 heterocycles. The Morgan fingerprint density at radius 1 is 1.22 bits per heavy atom. The number of carbonyl (C=O) groups excluding carboxylic acids is 2. The molecular weight excluding hydrogens is 330 g/mol. The van der Waals surface area contributed by atoms with E-state index in [0.717, 1.165) is 18.4 Å². The Morgan fingerprint density at radius 2 is 1.83 bits per heavy atom. The fourth-order valence-electron chi connectivity index (χ4n) is 2.44. The highest BCUT2D eigenvalue weighted by Gasteiger charge is 2.29. The van der Waals surface area contributed by atoms with Crippen LogP contribution in [-0.4, -0.2) is 44.5 Å². The molecule has 0 spiro atoms. The third-order valence-electron chi connectivity index (χ3n) is 3.60. The average Bonchev–Trinajstić information content (AvgIpc) is 2.45. The summed E-state index contributed by atoms with van der Waals surface area (Å²) < 4.78 is 50.5. The van der Waals surface area contributed by atoms with Crippen molar-refractivity contribution in [3.63, 3.8) is 0 Å². The molecular formula is C14H16F2N2O4S. The maximum Gasteiger partial charge on any atom is 0.256 e. The third-order valence-corrected chi connectivity index (χ3v) is 4.17. The molecule has 2 amide bonds. The number of halogens is 2. The van der Waals surface area contributed by atoms with Gasteiger partial charge in [0, 0.05) is 25.1 Å². The Hall–Kier alpha value is -2.03. The van der Waals surface area contributed by atoms with E-state index in [2.05, 4.69) is 0 Å². The molecule has 1 fully saturated rings. The molecule has 9 heteroatoms. The molecule has 1 N–H and O–H groups in total. The Morgan fingerprint density at radius 3 is 2.35 bits per heavy atom. The number of hydrogen-bond donors (Lipinski definition) is 1. The van der Waals surface area contributed by atoms with Gasteiger partial charge >= 0.3 is 0 Å². The van der Waals surface area contributed by atoms with Crippen LogP contribution in [0.25, 0.3) is 0 Å². The minimum absolute atomic E-state index is 0.192. The van der Waals surface area contributed by atoms with E-state index in [-0.39, 0.29) is 31.5 Å². The van der Waals surface area contributed by atoms with Crippen LogP contribution in [0.3, 0.4) is 0 Å². The summed E-state index contributed by atoms with van der Waals surface area (Å²) >= 11 is 0. The molecule has 2 rings (SSSR count). The molecule has 0 atom stereocenters. The zero-order valence-electron chi connectivity index (χ0n) is 12.4. The lowest BCUT2D eigenvalue weighted by Crippen LogP contribution is -2.44. The van der Waals surface area contributed by atoms with Gasteiger partial charge in [-0.2, -0.15) is 0 Å². The van der Waals surface area contributed by atoms with Gasteiger partial charge in [0.05, 0.1) is 11.8 Å². The smallest absolute Gasteiger partial charge is 0.256 e. The van der Waals surface area contributed by atoms with Gasteiger partial charge in [-0.3, -0.25) is 14.3 Å². The van der Waals surface area contributed by atoms with Gasteiger partial charge in [-0.05, 0) is 25.0 Å². The molecule has 23 heavy (non-hydrogen) atoms. The average molecular weight is 346 g/mol. The molecule has 6 nitrogen and oxygen atoms in total. The van der Waals surface area contributed by atoms with E-state index in [9.17, 15) is 26.8 Å². The predicted octanol–water partition coefficient (Wildman–Crippen LogP) is 0.893. The van der Waals surface area contributed by atoms with Crippen molar-refractivity contribution in [2.45, 2.75) is 12.8 Å². The van der Waals surface area contributed by atoms with Crippen LogP contribution in [-0.2, 0) is 14.8 Å². The Balaban J connectivity index is 1.99. The van der Waals surface area contributed by atoms with Gasteiger partial charge in [0.15, 0.2) is 0 Å². The van der Waals surface area contributed by atoms with Crippen molar-refractivity contribution in [2.24, 2.45) is 5.92 Å². The van der Waals surface area contributed by atoms with E-state index < -0.39 is 39.4 Å². The van der Waals surface area contributed by atoms with Crippen LogP contribution in [0.1, 0.15) is 23.2 Å². The van der Waals surface area contributed by atoms with Crippen molar-refractivity contribution < 1.29 is 26.8 Å². The maximum absolute atomic E-state index is 13.6. The van der Waals surface area contributed by atoms with Gasteiger partial charge in [-0.25, -0.2) is 17.2 Å². The number of sulfonamides is 1. The van der Waals surface area contributed by atoms with Crippen molar-refractivity contribution >= 4 is 21.8 Å². The van der Waals surface area contributed by atoms with Crippen molar-refractivity contribution in [1.29, 1.82) is 0 Å². The number of rotatable bonds is 3. The van der Waals surface area contributed by atoms with Crippen LogP contribution in [0.4, 0.5) is 8.78 Å². The second kappa shape index (κ2) is 6.61.